The lowest BCUT2D eigenvalue weighted by Crippen LogP contribution is -2.08. The van der Waals surface area contributed by atoms with Gasteiger partial charge in [0, 0.05) is 0 Å². The Kier molecular flexibility index (Phi) is 6.84. The first kappa shape index (κ1) is 14.6. The summed E-state index contributed by atoms with van der Waals surface area (Å²) in [5.74, 6) is -0.519. The van der Waals surface area contributed by atoms with E-state index < -0.39 is 5.91 Å². The van der Waals surface area contributed by atoms with Crippen molar-refractivity contribution in [2.75, 3.05) is 0 Å². The standard InChI is InChI=1S/C4HCl3N2.C3H4BrNO/c5-2-1-8-4(7)9-3(2)6;1-2(4)3(5)6/h1H;1H2,(H2,5,6). The first-order chi connectivity index (χ1) is 6.84. The third-order valence-corrected chi connectivity index (χ3v) is 2.17. The van der Waals surface area contributed by atoms with Gasteiger partial charge in [0.05, 0.1) is 15.7 Å². The second-order valence-corrected chi connectivity index (χ2v) is 4.11. The van der Waals surface area contributed by atoms with Crippen LogP contribution in [-0.2, 0) is 4.79 Å². The molecule has 0 aliphatic heterocycles. The van der Waals surface area contributed by atoms with Crippen LogP contribution in [0, 0.1) is 0 Å². The van der Waals surface area contributed by atoms with Gasteiger partial charge in [-0.1, -0.05) is 29.8 Å². The highest BCUT2D eigenvalue weighted by molar-refractivity contribution is 9.12. The number of hydrogen-bond donors (Lipinski definition) is 1. The second-order valence-electron chi connectivity index (χ2n) is 2.05. The topological polar surface area (TPSA) is 68.9 Å². The van der Waals surface area contributed by atoms with Crippen LogP contribution in [0.5, 0.6) is 0 Å². The van der Waals surface area contributed by atoms with Crippen molar-refractivity contribution in [2.24, 2.45) is 5.73 Å². The first-order valence-corrected chi connectivity index (χ1v) is 5.25. The highest BCUT2D eigenvalue weighted by Gasteiger charge is 1.98. The number of carbonyl (C=O) groups excluding carboxylic acids is 1. The number of primary amides is 1. The number of carbonyl (C=O) groups is 1. The maximum absolute atomic E-state index is 9.77. The molecule has 0 atom stereocenters. The Labute approximate surface area is 110 Å². The first-order valence-electron chi connectivity index (χ1n) is 3.32. The molecule has 1 aromatic heterocycles. The van der Waals surface area contributed by atoms with Gasteiger partial charge in [-0.05, 0) is 27.5 Å². The fourth-order valence-electron chi connectivity index (χ4n) is 0.326. The van der Waals surface area contributed by atoms with Crippen LogP contribution in [0.4, 0.5) is 0 Å². The summed E-state index contributed by atoms with van der Waals surface area (Å²) in [5.41, 5.74) is 4.65. The molecule has 0 spiro atoms. The van der Waals surface area contributed by atoms with Gasteiger partial charge in [-0.3, -0.25) is 4.79 Å². The Bertz CT molecular complexity index is 374. The Balaban J connectivity index is 0.000000288. The zero-order valence-electron chi connectivity index (χ0n) is 7.18. The molecular weight excluding hydrogens is 328 g/mol. The van der Waals surface area contributed by atoms with Gasteiger partial charge in [-0.2, -0.15) is 0 Å². The number of aromatic nitrogens is 2. The lowest BCUT2D eigenvalue weighted by molar-refractivity contribution is -0.113. The molecule has 1 rings (SSSR count). The lowest BCUT2D eigenvalue weighted by Gasteiger charge is -1.90. The zero-order valence-corrected chi connectivity index (χ0v) is 11.0. The molecule has 8 heteroatoms. The van der Waals surface area contributed by atoms with Gasteiger partial charge in [-0.25, -0.2) is 9.97 Å². The smallest absolute Gasteiger partial charge is 0.255 e. The largest absolute Gasteiger partial charge is 0.365 e. The summed E-state index contributed by atoms with van der Waals surface area (Å²) < 4.78 is 0.211. The third kappa shape index (κ3) is 6.67. The van der Waals surface area contributed by atoms with E-state index in [1.165, 1.54) is 6.20 Å². The third-order valence-electron chi connectivity index (χ3n) is 0.939. The van der Waals surface area contributed by atoms with E-state index in [4.69, 9.17) is 34.8 Å². The molecule has 0 saturated carbocycles. The van der Waals surface area contributed by atoms with Crippen LogP contribution in [0.25, 0.3) is 0 Å². The Morgan fingerprint density at radius 1 is 1.47 bits per heavy atom. The van der Waals surface area contributed by atoms with Crippen LogP contribution in [-0.4, -0.2) is 15.9 Å². The summed E-state index contributed by atoms with van der Waals surface area (Å²) in [7, 11) is 0. The van der Waals surface area contributed by atoms with Gasteiger partial charge >= 0.3 is 0 Å². The Morgan fingerprint density at radius 3 is 2.20 bits per heavy atom. The van der Waals surface area contributed by atoms with Crippen molar-refractivity contribution in [1.82, 2.24) is 9.97 Å². The molecule has 2 N–H and O–H groups in total. The number of halogens is 4. The monoisotopic (exact) mass is 331 g/mol. The molecule has 0 aromatic carbocycles. The quantitative estimate of drug-likeness (QED) is 0.488. The average Bonchev–Trinajstić information content (AvgIpc) is 2.13. The molecule has 4 nitrogen and oxygen atoms in total. The number of rotatable bonds is 1. The summed E-state index contributed by atoms with van der Waals surface area (Å²) in [6, 6.07) is 0. The van der Waals surface area contributed by atoms with Crippen LogP contribution >= 0.6 is 50.7 Å². The van der Waals surface area contributed by atoms with Crippen molar-refractivity contribution in [3.63, 3.8) is 0 Å². The molecular formula is C7H5BrCl3N3O. The number of amides is 1. The van der Waals surface area contributed by atoms with E-state index in [1.54, 1.807) is 0 Å². The van der Waals surface area contributed by atoms with E-state index in [0.29, 0.717) is 5.02 Å². The zero-order chi connectivity index (χ0) is 12.0. The molecule has 15 heavy (non-hydrogen) atoms. The molecule has 1 aromatic rings. The van der Waals surface area contributed by atoms with Crippen LogP contribution < -0.4 is 5.73 Å². The molecule has 82 valence electrons. The van der Waals surface area contributed by atoms with E-state index in [-0.39, 0.29) is 14.9 Å². The molecule has 0 aliphatic carbocycles. The van der Waals surface area contributed by atoms with Gasteiger partial charge in [-0.15, -0.1) is 0 Å². The lowest BCUT2D eigenvalue weighted by atomic mass is 10.6. The fourth-order valence-corrected chi connectivity index (χ4v) is 0.723. The molecule has 0 saturated heterocycles. The predicted octanol–water partition coefficient (Wildman–Crippen LogP) is 2.82. The van der Waals surface area contributed by atoms with Crippen molar-refractivity contribution in [1.29, 1.82) is 0 Å². The minimum atomic E-state index is -0.519. The molecule has 0 fully saturated rings. The van der Waals surface area contributed by atoms with E-state index in [1.807, 2.05) is 0 Å². The van der Waals surface area contributed by atoms with Crippen molar-refractivity contribution in [3.8, 4) is 0 Å². The van der Waals surface area contributed by atoms with E-state index >= 15 is 0 Å². The van der Waals surface area contributed by atoms with Crippen molar-refractivity contribution in [2.45, 2.75) is 0 Å². The SMILES string of the molecule is C=C(Br)C(N)=O.Clc1ncc(Cl)c(Cl)n1. The minimum Gasteiger partial charge on any atom is -0.365 e. The summed E-state index contributed by atoms with van der Waals surface area (Å²) in [6.07, 6.45) is 1.35. The van der Waals surface area contributed by atoms with Gasteiger partial charge < -0.3 is 5.73 Å². The normalized spacial score (nSPS) is 8.80. The molecule has 1 amide bonds. The average molecular weight is 333 g/mol. The Morgan fingerprint density at radius 2 is 1.93 bits per heavy atom. The van der Waals surface area contributed by atoms with Crippen molar-refractivity contribution >= 4 is 56.6 Å². The number of nitrogens with zero attached hydrogens (tertiary/aromatic N) is 2. The maximum atomic E-state index is 9.77. The van der Waals surface area contributed by atoms with E-state index in [0.717, 1.165) is 0 Å². The van der Waals surface area contributed by atoms with Gasteiger partial charge in [0.25, 0.3) is 5.91 Å². The molecule has 0 aliphatic rings. The summed E-state index contributed by atoms with van der Waals surface area (Å²) >= 11 is 19.0. The Hall–Kier alpha value is -0.360. The summed E-state index contributed by atoms with van der Waals surface area (Å²) in [5, 5.41) is 0.585. The highest BCUT2D eigenvalue weighted by atomic mass is 79.9. The maximum Gasteiger partial charge on any atom is 0.255 e. The van der Waals surface area contributed by atoms with Crippen LogP contribution in [0.15, 0.2) is 17.3 Å². The predicted molar refractivity (Wildman–Crippen MR) is 64.3 cm³/mol. The van der Waals surface area contributed by atoms with Crippen molar-refractivity contribution in [3.05, 3.63) is 32.7 Å². The highest BCUT2D eigenvalue weighted by Crippen LogP contribution is 2.18. The fraction of sp³-hybridized carbons (Fsp3) is 0. The van der Waals surface area contributed by atoms with Gasteiger partial charge in [0.15, 0.2) is 5.15 Å². The van der Waals surface area contributed by atoms with Crippen LogP contribution in [0.1, 0.15) is 0 Å². The van der Waals surface area contributed by atoms with E-state index in [9.17, 15) is 4.79 Å². The molecule has 0 unspecified atom stereocenters. The van der Waals surface area contributed by atoms with E-state index in [2.05, 4.69) is 38.2 Å². The number of hydrogen-bond acceptors (Lipinski definition) is 3. The minimum absolute atomic E-state index is 0.101. The molecule has 1 heterocycles. The van der Waals surface area contributed by atoms with Crippen LogP contribution in [0.2, 0.25) is 15.5 Å². The van der Waals surface area contributed by atoms with Gasteiger partial charge in [0.1, 0.15) is 0 Å². The number of nitrogens with two attached hydrogens (primary N) is 1. The van der Waals surface area contributed by atoms with Gasteiger partial charge in [0.2, 0.25) is 5.28 Å². The second kappa shape index (κ2) is 7.00. The summed E-state index contributed by atoms with van der Waals surface area (Å²) in [6.45, 7) is 3.20. The van der Waals surface area contributed by atoms with Crippen LogP contribution in [0.3, 0.4) is 0 Å². The summed E-state index contributed by atoms with van der Waals surface area (Å²) in [4.78, 5) is 16.9. The molecule has 0 bridgehead atoms. The van der Waals surface area contributed by atoms with Crippen molar-refractivity contribution < 1.29 is 4.79 Å². The molecule has 0 radical (unpaired) electrons.